The minimum Gasteiger partial charge on any atom is -0.353 e. The van der Waals surface area contributed by atoms with E-state index in [-0.39, 0.29) is 11.6 Å². The van der Waals surface area contributed by atoms with E-state index in [0.29, 0.717) is 6.54 Å². The number of hydrogen-bond acceptors (Lipinski definition) is 2. The summed E-state index contributed by atoms with van der Waals surface area (Å²) in [5, 5.41) is 2.81. The van der Waals surface area contributed by atoms with Gasteiger partial charge in [-0.25, -0.2) is 0 Å². The molecule has 2 heterocycles. The van der Waals surface area contributed by atoms with E-state index < -0.39 is 17.6 Å². The number of nitrogens with zero attached hydrogens (tertiary/aromatic N) is 2. The zero-order valence-corrected chi connectivity index (χ0v) is 14.6. The molecule has 1 amide bonds. The van der Waals surface area contributed by atoms with Gasteiger partial charge in [0.05, 0.1) is 11.6 Å². The summed E-state index contributed by atoms with van der Waals surface area (Å²) >= 11 is 0. The Hall–Kier alpha value is -2.28. The first-order chi connectivity index (χ1) is 12.4. The number of alkyl halides is 3. The Bertz CT molecular complexity index is 763. The molecule has 0 radical (unpaired) electrons. The number of carbonyl (C=O) groups is 1. The van der Waals surface area contributed by atoms with Crippen molar-refractivity contribution in [1.29, 1.82) is 0 Å². The average Bonchev–Trinajstić information content (AvgIpc) is 3.27. The van der Waals surface area contributed by atoms with Crippen molar-refractivity contribution in [3.63, 3.8) is 0 Å². The second-order valence-corrected chi connectivity index (χ2v) is 6.59. The highest BCUT2D eigenvalue weighted by Crippen LogP contribution is 2.29. The van der Waals surface area contributed by atoms with E-state index in [1.165, 1.54) is 12.1 Å². The maximum absolute atomic E-state index is 12.8. The lowest BCUT2D eigenvalue weighted by molar-refractivity contribution is -0.137. The van der Waals surface area contributed by atoms with E-state index in [1.807, 2.05) is 29.9 Å². The van der Waals surface area contributed by atoms with Crippen molar-refractivity contribution in [2.75, 3.05) is 19.6 Å². The number of aromatic nitrogens is 1. The van der Waals surface area contributed by atoms with Crippen molar-refractivity contribution in [3.05, 3.63) is 59.4 Å². The maximum Gasteiger partial charge on any atom is 0.416 e. The van der Waals surface area contributed by atoms with Crippen LogP contribution < -0.4 is 5.32 Å². The molecule has 1 N–H and O–H groups in total. The van der Waals surface area contributed by atoms with Crippen molar-refractivity contribution in [2.24, 2.45) is 7.05 Å². The SMILES string of the molecule is Cn1cccc1C(CNC(=O)c1cccc(C(F)(F)F)c1)N1CCCC1. The number of aryl methyl sites for hydroxylation is 1. The van der Waals surface area contributed by atoms with E-state index in [0.717, 1.165) is 43.8 Å². The number of rotatable bonds is 5. The lowest BCUT2D eigenvalue weighted by atomic mass is 10.1. The van der Waals surface area contributed by atoms with Gasteiger partial charge in [0.15, 0.2) is 0 Å². The third-order valence-electron chi connectivity index (χ3n) is 4.81. The van der Waals surface area contributed by atoms with Crippen molar-refractivity contribution < 1.29 is 18.0 Å². The second-order valence-electron chi connectivity index (χ2n) is 6.59. The minimum absolute atomic E-state index is 0.00671. The van der Waals surface area contributed by atoms with E-state index in [1.54, 1.807) is 0 Å². The van der Waals surface area contributed by atoms with Crippen LogP contribution in [0.25, 0.3) is 0 Å². The molecule has 7 heteroatoms. The number of halogens is 3. The fourth-order valence-electron chi connectivity index (χ4n) is 3.42. The van der Waals surface area contributed by atoms with Crippen LogP contribution in [0.1, 0.15) is 40.5 Å². The molecule has 1 unspecified atom stereocenters. The van der Waals surface area contributed by atoms with Crippen LogP contribution >= 0.6 is 0 Å². The molecule has 1 aliphatic heterocycles. The van der Waals surface area contributed by atoms with Crippen LogP contribution in [0.2, 0.25) is 0 Å². The molecule has 4 nitrogen and oxygen atoms in total. The standard InChI is InChI=1S/C19H22F3N3O/c1-24-9-5-8-16(24)17(25-10-2-3-11-25)13-23-18(26)14-6-4-7-15(12-14)19(20,21)22/h4-9,12,17H,2-3,10-11,13H2,1H3,(H,23,26). The molecule has 0 saturated carbocycles. The molecular weight excluding hydrogens is 343 g/mol. The molecule has 140 valence electrons. The van der Waals surface area contributed by atoms with Crippen LogP contribution in [0.5, 0.6) is 0 Å². The first-order valence-electron chi connectivity index (χ1n) is 8.67. The summed E-state index contributed by atoms with van der Waals surface area (Å²) < 4.78 is 40.5. The van der Waals surface area contributed by atoms with Crippen LogP contribution in [0.3, 0.4) is 0 Å². The van der Waals surface area contributed by atoms with Gasteiger partial charge < -0.3 is 9.88 Å². The summed E-state index contributed by atoms with van der Waals surface area (Å²) in [6, 6.07) is 8.49. The lowest BCUT2D eigenvalue weighted by Gasteiger charge is -2.28. The number of benzene rings is 1. The van der Waals surface area contributed by atoms with Gasteiger partial charge in [-0.05, 0) is 56.3 Å². The first-order valence-corrected chi connectivity index (χ1v) is 8.67. The van der Waals surface area contributed by atoms with E-state index in [2.05, 4.69) is 10.2 Å². The van der Waals surface area contributed by atoms with Gasteiger partial charge in [0, 0.05) is 31.0 Å². The monoisotopic (exact) mass is 365 g/mol. The summed E-state index contributed by atoms with van der Waals surface area (Å²) in [4.78, 5) is 14.7. The van der Waals surface area contributed by atoms with Crippen LogP contribution in [-0.4, -0.2) is 35.0 Å². The highest BCUT2D eigenvalue weighted by atomic mass is 19.4. The Kier molecular flexibility index (Phi) is 5.36. The predicted molar refractivity (Wildman–Crippen MR) is 92.7 cm³/mol. The molecule has 26 heavy (non-hydrogen) atoms. The molecule has 1 atom stereocenters. The number of nitrogens with one attached hydrogen (secondary N) is 1. The number of likely N-dealkylation sites (tertiary alicyclic amines) is 1. The Morgan fingerprint density at radius 1 is 1.19 bits per heavy atom. The Labute approximate surface area is 150 Å². The Balaban J connectivity index is 1.73. The van der Waals surface area contributed by atoms with Crippen molar-refractivity contribution in [1.82, 2.24) is 14.8 Å². The van der Waals surface area contributed by atoms with Crippen molar-refractivity contribution in [2.45, 2.75) is 25.1 Å². The largest absolute Gasteiger partial charge is 0.416 e. The fraction of sp³-hybridized carbons (Fsp3) is 0.421. The summed E-state index contributed by atoms with van der Waals surface area (Å²) in [5.74, 6) is -0.491. The fourth-order valence-corrected chi connectivity index (χ4v) is 3.42. The highest BCUT2D eigenvalue weighted by molar-refractivity contribution is 5.94. The van der Waals surface area contributed by atoms with E-state index in [4.69, 9.17) is 0 Å². The van der Waals surface area contributed by atoms with Gasteiger partial charge >= 0.3 is 6.18 Å². The molecule has 0 bridgehead atoms. The summed E-state index contributed by atoms with van der Waals surface area (Å²) in [7, 11) is 1.95. The van der Waals surface area contributed by atoms with Gasteiger partial charge in [0.25, 0.3) is 5.91 Å². The van der Waals surface area contributed by atoms with Crippen LogP contribution in [0, 0.1) is 0 Å². The zero-order valence-electron chi connectivity index (χ0n) is 14.6. The number of carbonyl (C=O) groups excluding carboxylic acids is 1. The van der Waals surface area contributed by atoms with E-state index in [9.17, 15) is 18.0 Å². The minimum atomic E-state index is -4.46. The lowest BCUT2D eigenvalue weighted by Crippen LogP contribution is -2.37. The molecule has 1 saturated heterocycles. The van der Waals surface area contributed by atoms with Gasteiger partial charge in [0.2, 0.25) is 0 Å². The van der Waals surface area contributed by atoms with Crippen molar-refractivity contribution in [3.8, 4) is 0 Å². The summed E-state index contributed by atoms with van der Waals surface area (Å²) in [6.45, 7) is 2.26. The quantitative estimate of drug-likeness (QED) is 0.879. The molecule has 3 rings (SSSR count). The van der Waals surface area contributed by atoms with Crippen LogP contribution in [0.15, 0.2) is 42.6 Å². The molecule has 1 aromatic heterocycles. The van der Waals surface area contributed by atoms with E-state index >= 15 is 0 Å². The first kappa shape index (κ1) is 18.5. The molecular formula is C19H22F3N3O. The molecule has 0 spiro atoms. The van der Waals surface area contributed by atoms with Gasteiger partial charge in [-0.15, -0.1) is 0 Å². The van der Waals surface area contributed by atoms with Crippen LogP contribution in [0.4, 0.5) is 13.2 Å². The molecule has 1 aromatic carbocycles. The van der Waals surface area contributed by atoms with Gasteiger partial charge in [-0.1, -0.05) is 6.07 Å². The summed E-state index contributed by atoms with van der Waals surface area (Å²) in [5.41, 5.74) is 0.284. The Morgan fingerprint density at radius 2 is 1.92 bits per heavy atom. The smallest absolute Gasteiger partial charge is 0.353 e. The molecule has 2 aromatic rings. The topological polar surface area (TPSA) is 37.3 Å². The van der Waals surface area contributed by atoms with Gasteiger partial charge in [-0.3, -0.25) is 9.69 Å². The second kappa shape index (κ2) is 7.53. The molecule has 0 aliphatic carbocycles. The molecule has 1 aliphatic rings. The third kappa shape index (κ3) is 4.09. The normalized spacial score (nSPS) is 16.6. The van der Waals surface area contributed by atoms with Crippen LogP contribution in [-0.2, 0) is 13.2 Å². The number of amides is 1. The average molecular weight is 365 g/mol. The van der Waals surface area contributed by atoms with Gasteiger partial charge in [-0.2, -0.15) is 13.2 Å². The van der Waals surface area contributed by atoms with Crippen molar-refractivity contribution >= 4 is 5.91 Å². The summed E-state index contributed by atoms with van der Waals surface area (Å²) in [6.07, 6.45) is -0.282. The molecule has 1 fully saturated rings. The number of hydrogen-bond donors (Lipinski definition) is 1. The predicted octanol–water partition coefficient (Wildman–Crippen LogP) is 3.61. The maximum atomic E-state index is 12.8. The zero-order chi connectivity index (χ0) is 18.7. The highest BCUT2D eigenvalue weighted by Gasteiger charge is 2.31. The third-order valence-corrected chi connectivity index (χ3v) is 4.81. The Morgan fingerprint density at radius 3 is 2.54 bits per heavy atom. The van der Waals surface area contributed by atoms with Gasteiger partial charge in [0.1, 0.15) is 0 Å².